The van der Waals surface area contributed by atoms with Crippen LogP contribution in [0, 0.1) is 6.92 Å². The van der Waals surface area contributed by atoms with Crippen LogP contribution in [0.5, 0.6) is 0 Å². The normalized spacial score (nSPS) is 10.9. The van der Waals surface area contributed by atoms with Gasteiger partial charge in [0.1, 0.15) is 19.6 Å². The van der Waals surface area contributed by atoms with Crippen LogP contribution in [0.15, 0.2) is 36.4 Å². The van der Waals surface area contributed by atoms with Crippen LogP contribution in [-0.2, 0) is 9.47 Å². The number of thiophene rings is 2. The highest BCUT2D eigenvalue weighted by Gasteiger charge is 2.28. The van der Waals surface area contributed by atoms with Crippen molar-refractivity contribution in [1.29, 1.82) is 0 Å². The van der Waals surface area contributed by atoms with E-state index in [2.05, 4.69) is 10.3 Å². The Kier molecular flexibility index (Phi) is 7.58. The molecule has 1 aromatic carbocycles. The number of nitrogens with two attached hydrogens (primary N) is 1. The van der Waals surface area contributed by atoms with E-state index in [0.29, 0.717) is 26.5 Å². The van der Waals surface area contributed by atoms with Gasteiger partial charge < -0.3 is 20.5 Å². The van der Waals surface area contributed by atoms with E-state index in [0.717, 1.165) is 28.2 Å². The van der Waals surface area contributed by atoms with Crippen LogP contribution in [-0.4, -0.2) is 36.0 Å². The van der Waals surface area contributed by atoms with Crippen molar-refractivity contribution in [1.82, 2.24) is 4.98 Å². The Morgan fingerprint density at radius 2 is 1.64 bits per heavy atom. The third kappa shape index (κ3) is 4.92. The highest BCUT2D eigenvalue weighted by atomic mass is 35.5. The van der Waals surface area contributed by atoms with Gasteiger partial charge in [0.05, 0.1) is 30.2 Å². The van der Waals surface area contributed by atoms with Gasteiger partial charge in [-0.05, 0) is 50.6 Å². The molecule has 0 unspecified atom stereocenters. The standard InChI is InChI=1S/C25H22ClN3O5S2/c1-4-33-24(31)17-12(3)19(25(32)34-5-2)35-23(17)29-21(30)20-18(27)15-10-11-16(28-22(15)36-20)13-6-8-14(26)9-7-13/h6-11H,4-5,27H2,1-3H3,(H,29,30). The van der Waals surface area contributed by atoms with Gasteiger partial charge in [0.15, 0.2) is 0 Å². The number of ether oxygens (including phenoxy) is 2. The molecule has 1 amide bonds. The molecular formula is C25H22ClN3O5S2. The van der Waals surface area contributed by atoms with Gasteiger partial charge in [-0.1, -0.05) is 23.7 Å². The fourth-order valence-electron chi connectivity index (χ4n) is 3.55. The summed E-state index contributed by atoms with van der Waals surface area (Å²) in [4.78, 5) is 44.0. The number of carbonyl (C=O) groups excluding carboxylic acids is 3. The van der Waals surface area contributed by atoms with E-state index in [9.17, 15) is 14.4 Å². The van der Waals surface area contributed by atoms with Gasteiger partial charge >= 0.3 is 11.9 Å². The first-order valence-electron chi connectivity index (χ1n) is 11.0. The predicted octanol–water partition coefficient (Wildman–Crippen LogP) is 6.17. The van der Waals surface area contributed by atoms with Gasteiger partial charge in [0, 0.05) is 16.0 Å². The van der Waals surface area contributed by atoms with Crippen LogP contribution in [0.3, 0.4) is 0 Å². The first kappa shape index (κ1) is 25.6. The molecule has 0 aliphatic carbocycles. The Hall–Kier alpha value is -3.47. The first-order valence-corrected chi connectivity index (χ1v) is 13.0. The molecule has 0 spiro atoms. The first-order chi connectivity index (χ1) is 17.2. The second kappa shape index (κ2) is 10.7. The summed E-state index contributed by atoms with van der Waals surface area (Å²) >= 11 is 8.07. The molecule has 0 radical (unpaired) electrons. The zero-order chi connectivity index (χ0) is 26.0. The van der Waals surface area contributed by atoms with Crippen molar-refractivity contribution < 1.29 is 23.9 Å². The number of nitrogens with one attached hydrogen (secondary N) is 1. The Morgan fingerprint density at radius 1 is 0.972 bits per heavy atom. The van der Waals surface area contributed by atoms with Gasteiger partial charge in [-0.25, -0.2) is 14.6 Å². The molecule has 3 heterocycles. The molecule has 3 N–H and O–H groups in total. The minimum atomic E-state index is -0.643. The van der Waals surface area contributed by atoms with Crippen LogP contribution < -0.4 is 11.1 Å². The molecule has 0 aliphatic rings. The number of hydrogen-bond acceptors (Lipinski definition) is 9. The molecule has 8 nitrogen and oxygen atoms in total. The summed E-state index contributed by atoms with van der Waals surface area (Å²) in [5.74, 6) is -1.74. The second-order valence-electron chi connectivity index (χ2n) is 7.56. The van der Waals surface area contributed by atoms with Crippen LogP contribution in [0.2, 0.25) is 5.02 Å². The van der Waals surface area contributed by atoms with E-state index in [1.165, 1.54) is 0 Å². The number of anilines is 2. The topological polar surface area (TPSA) is 121 Å². The van der Waals surface area contributed by atoms with Crippen molar-refractivity contribution in [3.8, 4) is 11.3 Å². The summed E-state index contributed by atoms with van der Waals surface area (Å²) in [7, 11) is 0. The average Bonchev–Trinajstić information content (AvgIpc) is 3.36. The smallest absolute Gasteiger partial charge is 0.348 e. The minimum Gasteiger partial charge on any atom is -0.462 e. The largest absolute Gasteiger partial charge is 0.462 e. The SMILES string of the molecule is CCOC(=O)c1sc(NC(=O)c2sc3nc(-c4ccc(Cl)cc4)ccc3c2N)c(C(=O)OCC)c1C. The van der Waals surface area contributed by atoms with Gasteiger partial charge in [0.2, 0.25) is 0 Å². The third-order valence-electron chi connectivity index (χ3n) is 5.25. The lowest BCUT2D eigenvalue weighted by molar-refractivity contribution is 0.0527. The number of fused-ring (bicyclic) bond motifs is 1. The maximum Gasteiger partial charge on any atom is 0.348 e. The molecule has 0 fully saturated rings. The molecule has 0 saturated heterocycles. The molecule has 0 atom stereocenters. The molecule has 0 bridgehead atoms. The average molecular weight is 544 g/mol. The second-order valence-corrected chi connectivity index (χ2v) is 10.0. The number of amides is 1. The summed E-state index contributed by atoms with van der Waals surface area (Å²) in [6.45, 7) is 5.29. The van der Waals surface area contributed by atoms with Crippen LogP contribution >= 0.6 is 34.3 Å². The van der Waals surface area contributed by atoms with E-state index < -0.39 is 17.8 Å². The fraction of sp³-hybridized carbons (Fsp3) is 0.200. The Bertz CT molecular complexity index is 1480. The number of aromatic nitrogens is 1. The molecule has 0 aliphatic heterocycles. The van der Waals surface area contributed by atoms with Gasteiger partial charge in [-0.15, -0.1) is 22.7 Å². The Balaban J connectivity index is 1.69. The van der Waals surface area contributed by atoms with Crippen molar-refractivity contribution in [2.24, 2.45) is 0 Å². The maximum absolute atomic E-state index is 13.3. The number of pyridine rings is 1. The van der Waals surface area contributed by atoms with Crippen molar-refractivity contribution in [2.75, 3.05) is 24.3 Å². The molecule has 36 heavy (non-hydrogen) atoms. The van der Waals surface area contributed by atoms with Crippen LogP contribution in [0.1, 0.15) is 49.1 Å². The van der Waals surface area contributed by atoms with Crippen LogP contribution in [0.4, 0.5) is 10.7 Å². The number of rotatable bonds is 7. The monoisotopic (exact) mass is 543 g/mol. The van der Waals surface area contributed by atoms with Crippen molar-refractivity contribution in [2.45, 2.75) is 20.8 Å². The van der Waals surface area contributed by atoms with Crippen LogP contribution in [0.25, 0.3) is 21.5 Å². The number of hydrogen-bond donors (Lipinski definition) is 2. The lowest BCUT2D eigenvalue weighted by atomic mass is 10.1. The number of halogens is 1. The number of benzene rings is 1. The van der Waals surface area contributed by atoms with Crippen molar-refractivity contribution in [3.05, 3.63) is 62.3 Å². The van der Waals surface area contributed by atoms with Gasteiger partial charge in [0.25, 0.3) is 5.91 Å². The van der Waals surface area contributed by atoms with E-state index in [4.69, 9.17) is 26.8 Å². The molecule has 186 valence electrons. The number of esters is 2. The zero-order valence-corrected chi connectivity index (χ0v) is 22.0. The lowest BCUT2D eigenvalue weighted by Gasteiger charge is -2.06. The number of nitrogens with zero attached hydrogens (tertiary/aromatic N) is 1. The lowest BCUT2D eigenvalue weighted by Crippen LogP contribution is -2.15. The highest BCUT2D eigenvalue weighted by molar-refractivity contribution is 7.21. The minimum absolute atomic E-state index is 0.112. The summed E-state index contributed by atoms with van der Waals surface area (Å²) in [6, 6.07) is 10.9. The Labute approximate surface area is 220 Å². The quantitative estimate of drug-likeness (QED) is 0.267. The number of nitrogen functional groups attached to an aromatic ring is 1. The molecule has 11 heteroatoms. The van der Waals surface area contributed by atoms with E-state index in [1.807, 2.05) is 24.3 Å². The fourth-order valence-corrected chi connectivity index (χ4v) is 5.75. The Morgan fingerprint density at radius 3 is 2.31 bits per heavy atom. The molecule has 3 aromatic heterocycles. The summed E-state index contributed by atoms with van der Waals surface area (Å²) in [5.41, 5.74) is 8.66. The summed E-state index contributed by atoms with van der Waals surface area (Å²) in [5, 5.41) is 4.19. The van der Waals surface area contributed by atoms with Crippen molar-refractivity contribution in [3.63, 3.8) is 0 Å². The zero-order valence-electron chi connectivity index (χ0n) is 19.6. The molecular weight excluding hydrogens is 522 g/mol. The molecule has 4 aromatic rings. The third-order valence-corrected chi connectivity index (χ3v) is 7.81. The highest BCUT2D eigenvalue weighted by Crippen LogP contribution is 2.38. The van der Waals surface area contributed by atoms with E-state index in [1.54, 1.807) is 32.9 Å². The van der Waals surface area contributed by atoms with E-state index in [-0.39, 0.29) is 39.2 Å². The van der Waals surface area contributed by atoms with Gasteiger partial charge in [-0.3, -0.25) is 4.79 Å². The maximum atomic E-state index is 13.3. The molecule has 0 saturated carbocycles. The molecule has 4 rings (SSSR count). The van der Waals surface area contributed by atoms with E-state index >= 15 is 0 Å². The predicted molar refractivity (Wildman–Crippen MR) is 143 cm³/mol. The van der Waals surface area contributed by atoms with Gasteiger partial charge in [-0.2, -0.15) is 0 Å². The van der Waals surface area contributed by atoms with Crippen molar-refractivity contribution >= 4 is 73.0 Å². The number of carbonyl (C=O) groups is 3. The summed E-state index contributed by atoms with van der Waals surface area (Å²) < 4.78 is 10.2. The summed E-state index contributed by atoms with van der Waals surface area (Å²) in [6.07, 6.45) is 0.